The second-order valence-corrected chi connectivity index (χ2v) is 6.24. The molecular formula is C13H13BrClNS. The van der Waals surface area contributed by atoms with E-state index in [-0.39, 0.29) is 0 Å². The van der Waals surface area contributed by atoms with Gasteiger partial charge in [0.2, 0.25) is 0 Å². The second-order valence-electron chi connectivity index (χ2n) is 3.70. The standard InChI is InChI=1S/C13H13BrClNS/c1-2-10-4-5-11(17-10)8-16-13-7-9(15)3-6-12(13)14/h3-7,16H,2,8H2,1H3. The Morgan fingerprint density at radius 1 is 1.24 bits per heavy atom. The van der Waals surface area contributed by atoms with Crippen LogP contribution in [0.2, 0.25) is 5.02 Å². The van der Waals surface area contributed by atoms with Crippen LogP contribution in [-0.4, -0.2) is 0 Å². The van der Waals surface area contributed by atoms with Gasteiger partial charge in [-0.15, -0.1) is 11.3 Å². The zero-order chi connectivity index (χ0) is 12.3. The molecule has 0 aliphatic rings. The Morgan fingerprint density at radius 3 is 2.71 bits per heavy atom. The molecule has 1 nitrogen and oxygen atoms in total. The maximum absolute atomic E-state index is 5.97. The third-order valence-corrected chi connectivity index (χ3v) is 4.60. The third-order valence-electron chi connectivity index (χ3n) is 2.45. The minimum atomic E-state index is 0.746. The molecule has 17 heavy (non-hydrogen) atoms. The fourth-order valence-electron chi connectivity index (χ4n) is 1.52. The Morgan fingerprint density at radius 2 is 2.00 bits per heavy atom. The van der Waals surface area contributed by atoms with Crippen LogP contribution in [0.1, 0.15) is 16.7 Å². The van der Waals surface area contributed by atoms with Crippen molar-refractivity contribution in [1.29, 1.82) is 0 Å². The maximum Gasteiger partial charge on any atom is 0.0502 e. The molecule has 90 valence electrons. The number of benzene rings is 1. The molecule has 0 aliphatic carbocycles. The minimum Gasteiger partial charge on any atom is -0.379 e. The van der Waals surface area contributed by atoms with Crippen LogP contribution in [0.4, 0.5) is 5.69 Å². The highest BCUT2D eigenvalue weighted by molar-refractivity contribution is 9.10. The van der Waals surface area contributed by atoms with Crippen LogP contribution < -0.4 is 5.32 Å². The van der Waals surface area contributed by atoms with Crippen molar-refractivity contribution in [1.82, 2.24) is 0 Å². The van der Waals surface area contributed by atoms with Gasteiger partial charge in [0.25, 0.3) is 0 Å². The molecule has 0 amide bonds. The molecule has 1 aromatic heterocycles. The summed E-state index contributed by atoms with van der Waals surface area (Å²) < 4.78 is 1.04. The first-order valence-corrected chi connectivity index (χ1v) is 7.44. The summed E-state index contributed by atoms with van der Waals surface area (Å²) in [5.41, 5.74) is 1.03. The van der Waals surface area contributed by atoms with Crippen molar-refractivity contribution in [3.05, 3.63) is 49.6 Å². The summed E-state index contributed by atoms with van der Waals surface area (Å²) in [6.07, 6.45) is 1.10. The van der Waals surface area contributed by atoms with Gasteiger partial charge < -0.3 is 5.32 Å². The van der Waals surface area contributed by atoms with E-state index in [1.165, 1.54) is 9.75 Å². The number of hydrogen-bond donors (Lipinski definition) is 1. The highest BCUT2D eigenvalue weighted by Crippen LogP contribution is 2.27. The number of anilines is 1. The largest absolute Gasteiger partial charge is 0.379 e. The average Bonchev–Trinajstić information content (AvgIpc) is 2.78. The molecule has 2 aromatic rings. The third kappa shape index (κ3) is 3.47. The Kier molecular flexibility index (Phi) is 4.48. The van der Waals surface area contributed by atoms with Crippen LogP contribution >= 0.6 is 38.9 Å². The van der Waals surface area contributed by atoms with Crippen LogP contribution in [0.3, 0.4) is 0 Å². The van der Waals surface area contributed by atoms with Gasteiger partial charge in [-0.3, -0.25) is 0 Å². The highest BCUT2D eigenvalue weighted by atomic mass is 79.9. The van der Waals surface area contributed by atoms with Gasteiger partial charge in [0, 0.05) is 25.8 Å². The summed E-state index contributed by atoms with van der Waals surface area (Å²) in [6, 6.07) is 10.1. The van der Waals surface area contributed by atoms with Gasteiger partial charge in [0.15, 0.2) is 0 Å². The van der Waals surface area contributed by atoms with Crippen LogP contribution in [-0.2, 0) is 13.0 Å². The lowest BCUT2D eigenvalue weighted by molar-refractivity contribution is 1.19. The quantitative estimate of drug-likeness (QED) is 0.798. The van der Waals surface area contributed by atoms with Crippen molar-refractivity contribution in [2.75, 3.05) is 5.32 Å². The smallest absolute Gasteiger partial charge is 0.0502 e. The van der Waals surface area contributed by atoms with E-state index in [2.05, 4.69) is 40.3 Å². The minimum absolute atomic E-state index is 0.746. The van der Waals surface area contributed by atoms with Crippen molar-refractivity contribution in [2.24, 2.45) is 0 Å². The Labute approximate surface area is 119 Å². The number of rotatable bonds is 4. The van der Waals surface area contributed by atoms with Crippen LogP contribution in [0.25, 0.3) is 0 Å². The predicted octanol–water partition coefficient (Wildman–Crippen LogP) is 5.34. The summed E-state index contributed by atoms with van der Waals surface area (Å²) in [4.78, 5) is 2.76. The summed E-state index contributed by atoms with van der Waals surface area (Å²) in [6.45, 7) is 3.01. The number of halogens is 2. The fraction of sp³-hybridized carbons (Fsp3) is 0.231. The lowest BCUT2D eigenvalue weighted by Crippen LogP contribution is -1.97. The van der Waals surface area contributed by atoms with E-state index < -0.39 is 0 Å². The molecule has 1 N–H and O–H groups in total. The second kappa shape index (κ2) is 5.89. The fourth-order valence-corrected chi connectivity index (χ4v) is 2.98. The zero-order valence-electron chi connectivity index (χ0n) is 9.47. The lowest BCUT2D eigenvalue weighted by atomic mass is 10.3. The molecule has 1 heterocycles. The summed E-state index contributed by atoms with van der Waals surface area (Å²) >= 11 is 11.3. The van der Waals surface area contributed by atoms with E-state index in [0.717, 1.165) is 28.1 Å². The average molecular weight is 331 g/mol. The van der Waals surface area contributed by atoms with Gasteiger partial charge in [-0.25, -0.2) is 0 Å². The van der Waals surface area contributed by atoms with E-state index in [4.69, 9.17) is 11.6 Å². The molecule has 0 spiro atoms. The summed E-state index contributed by atoms with van der Waals surface area (Å²) in [5.74, 6) is 0. The van der Waals surface area contributed by atoms with Crippen LogP contribution in [0.15, 0.2) is 34.8 Å². The van der Waals surface area contributed by atoms with Crippen LogP contribution in [0, 0.1) is 0 Å². The molecule has 0 fully saturated rings. The normalized spacial score (nSPS) is 10.5. The SMILES string of the molecule is CCc1ccc(CNc2cc(Cl)ccc2Br)s1. The van der Waals surface area contributed by atoms with Crippen LogP contribution in [0.5, 0.6) is 0 Å². The Bertz CT molecular complexity index is 510. The Balaban J connectivity index is 2.04. The van der Waals surface area contributed by atoms with Crippen molar-refractivity contribution in [3.8, 4) is 0 Å². The van der Waals surface area contributed by atoms with Crippen molar-refractivity contribution >= 4 is 44.6 Å². The molecule has 0 atom stereocenters. The monoisotopic (exact) mass is 329 g/mol. The van der Waals surface area contributed by atoms with Gasteiger partial charge in [-0.2, -0.15) is 0 Å². The van der Waals surface area contributed by atoms with E-state index in [1.807, 2.05) is 29.5 Å². The predicted molar refractivity (Wildman–Crippen MR) is 80.2 cm³/mol. The highest BCUT2D eigenvalue weighted by Gasteiger charge is 2.02. The molecule has 1 aromatic carbocycles. The number of hydrogen-bond acceptors (Lipinski definition) is 2. The van der Waals surface area contributed by atoms with Gasteiger partial charge in [0.05, 0.1) is 5.69 Å². The molecule has 0 aliphatic heterocycles. The lowest BCUT2D eigenvalue weighted by Gasteiger charge is -2.07. The van der Waals surface area contributed by atoms with Gasteiger partial charge in [-0.05, 0) is 52.7 Å². The molecular weight excluding hydrogens is 318 g/mol. The maximum atomic E-state index is 5.97. The summed E-state index contributed by atoms with van der Waals surface area (Å²) in [5, 5.41) is 4.13. The topological polar surface area (TPSA) is 12.0 Å². The molecule has 0 radical (unpaired) electrons. The molecule has 0 saturated heterocycles. The number of aryl methyl sites for hydroxylation is 1. The first-order chi connectivity index (χ1) is 8.19. The van der Waals surface area contributed by atoms with Gasteiger partial charge in [0.1, 0.15) is 0 Å². The van der Waals surface area contributed by atoms with Crippen molar-refractivity contribution in [3.63, 3.8) is 0 Å². The summed E-state index contributed by atoms with van der Waals surface area (Å²) in [7, 11) is 0. The number of nitrogens with one attached hydrogen (secondary N) is 1. The molecule has 4 heteroatoms. The van der Waals surface area contributed by atoms with E-state index in [9.17, 15) is 0 Å². The molecule has 0 saturated carbocycles. The first kappa shape index (κ1) is 12.9. The van der Waals surface area contributed by atoms with Crippen molar-refractivity contribution < 1.29 is 0 Å². The molecule has 2 rings (SSSR count). The molecule has 0 unspecified atom stereocenters. The zero-order valence-corrected chi connectivity index (χ0v) is 12.6. The Hall–Kier alpha value is -0.510. The van der Waals surface area contributed by atoms with E-state index in [0.29, 0.717) is 0 Å². The van der Waals surface area contributed by atoms with E-state index >= 15 is 0 Å². The molecule has 0 bridgehead atoms. The van der Waals surface area contributed by atoms with Gasteiger partial charge in [-0.1, -0.05) is 18.5 Å². The van der Waals surface area contributed by atoms with E-state index in [1.54, 1.807) is 0 Å². The van der Waals surface area contributed by atoms with Gasteiger partial charge >= 0.3 is 0 Å². The first-order valence-electron chi connectivity index (χ1n) is 5.45. The van der Waals surface area contributed by atoms with Crippen molar-refractivity contribution in [2.45, 2.75) is 19.9 Å². The number of thiophene rings is 1.